The Hall–Kier alpha value is -1.24. The first-order valence-corrected chi connectivity index (χ1v) is 7.72. The van der Waals surface area contributed by atoms with Crippen molar-refractivity contribution in [2.45, 2.75) is 37.3 Å². The van der Waals surface area contributed by atoms with Crippen molar-refractivity contribution in [2.75, 3.05) is 24.6 Å². The van der Waals surface area contributed by atoms with Gasteiger partial charge in [-0.2, -0.15) is 0 Å². The summed E-state index contributed by atoms with van der Waals surface area (Å²) in [5.74, 6) is 0.973. The van der Waals surface area contributed by atoms with Gasteiger partial charge in [0.15, 0.2) is 5.16 Å². The Morgan fingerprint density at radius 1 is 1.21 bits per heavy atom. The van der Waals surface area contributed by atoms with Gasteiger partial charge < -0.3 is 10.6 Å². The van der Waals surface area contributed by atoms with Crippen LogP contribution in [0.25, 0.3) is 0 Å². The third kappa shape index (κ3) is 3.86. The van der Waals surface area contributed by atoms with Crippen molar-refractivity contribution in [1.29, 1.82) is 0 Å². The molecule has 0 aliphatic carbocycles. The molecule has 2 rings (SSSR count). The summed E-state index contributed by atoms with van der Waals surface area (Å²) in [5.41, 5.74) is 5.61. The maximum Gasteiger partial charge on any atom is 0.233 e. The Morgan fingerprint density at radius 2 is 1.84 bits per heavy atom. The topological polar surface area (TPSA) is 77.0 Å². The molecule has 0 spiro atoms. The van der Waals surface area contributed by atoms with Crippen molar-refractivity contribution in [3.63, 3.8) is 0 Å². The SMILES string of the molecule is Cn1c(N)nnc1SCC(=O)N1CCCCCCC1. The monoisotopic (exact) mass is 283 g/mol. The summed E-state index contributed by atoms with van der Waals surface area (Å²) < 4.78 is 1.70. The lowest BCUT2D eigenvalue weighted by molar-refractivity contribution is -0.128. The second kappa shape index (κ2) is 6.79. The van der Waals surface area contributed by atoms with Crippen LogP contribution in [0, 0.1) is 0 Å². The lowest BCUT2D eigenvalue weighted by atomic mass is 10.1. The van der Waals surface area contributed by atoms with Gasteiger partial charge in [-0.3, -0.25) is 9.36 Å². The molecular formula is C12H21N5OS. The van der Waals surface area contributed by atoms with Crippen molar-refractivity contribution in [3.05, 3.63) is 0 Å². The van der Waals surface area contributed by atoms with E-state index in [1.807, 2.05) is 4.90 Å². The number of rotatable bonds is 3. The van der Waals surface area contributed by atoms with E-state index in [-0.39, 0.29) is 5.91 Å². The van der Waals surface area contributed by atoms with Gasteiger partial charge in [0.2, 0.25) is 11.9 Å². The minimum absolute atomic E-state index is 0.188. The van der Waals surface area contributed by atoms with Gasteiger partial charge in [-0.15, -0.1) is 10.2 Å². The van der Waals surface area contributed by atoms with E-state index >= 15 is 0 Å². The largest absolute Gasteiger partial charge is 0.368 e. The summed E-state index contributed by atoms with van der Waals surface area (Å²) in [6.07, 6.45) is 6.00. The van der Waals surface area contributed by atoms with Gasteiger partial charge in [0.25, 0.3) is 0 Å². The molecule has 1 aliphatic heterocycles. The minimum Gasteiger partial charge on any atom is -0.368 e. The van der Waals surface area contributed by atoms with E-state index in [2.05, 4.69) is 10.2 Å². The molecule has 0 aromatic carbocycles. The number of amides is 1. The lowest BCUT2D eigenvalue weighted by Crippen LogP contribution is -2.35. The van der Waals surface area contributed by atoms with Crippen LogP contribution in [0.2, 0.25) is 0 Å². The van der Waals surface area contributed by atoms with Crippen LogP contribution in [0.5, 0.6) is 0 Å². The van der Waals surface area contributed by atoms with Crippen molar-refractivity contribution in [1.82, 2.24) is 19.7 Å². The van der Waals surface area contributed by atoms with Crippen LogP contribution in [0.4, 0.5) is 5.95 Å². The molecule has 2 N–H and O–H groups in total. The summed E-state index contributed by atoms with van der Waals surface area (Å²) >= 11 is 1.40. The molecular weight excluding hydrogens is 262 g/mol. The van der Waals surface area contributed by atoms with E-state index < -0.39 is 0 Å². The highest BCUT2D eigenvalue weighted by molar-refractivity contribution is 7.99. The quantitative estimate of drug-likeness (QED) is 0.846. The first kappa shape index (κ1) is 14.2. The van der Waals surface area contributed by atoms with Gasteiger partial charge >= 0.3 is 0 Å². The van der Waals surface area contributed by atoms with Crippen LogP contribution < -0.4 is 5.73 Å². The smallest absolute Gasteiger partial charge is 0.233 e. The second-order valence-electron chi connectivity index (χ2n) is 4.84. The summed E-state index contributed by atoms with van der Waals surface area (Å²) in [7, 11) is 1.80. The molecule has 19 heavy (non-hydrogen) atoms. The highest BCUT2D eigenvalue weighted by atomic mass is 32.2. The molecule has 1 saturated heterocycles. The van der Waals surface area contributed by atoms with E-state index in [1.165, 1.54) is 31.0 Å². The van der Waals surface area contributed by atoms with E-state index in [0.29, 0.717) is 16.9 Å². The van der Waals surface area contributed by atoms with E-state index in [4.69, 9.17) is 5.73 Å². The number of nitrogens with zero attached hydrogens (tertiary/aromatic N) is 4. The molecule has 1 aromatic rings. The Morgan fingerprint density at radius 3 is 2.42 bits per heavy atom. The summed E-state index contributed by atoms with van der Waals surface area (Å²) in [5, 5.41) is 8.42. The third-order valence-electron chi connectivity index (χ3n) is 3.40. The molecule has 1 aliphatic rings. The molecule has 0 saturated carbocycles. The summed E-state index contributed by atoms with van der Waals surface area (Å²) in [6, 6.07) is 0. The van der Waals surface area contributed by atoms with Crippen LogP contribution in [0.15, 0.2) is 5.16 Å². The lowest BCUT2D eigenvalue weighted by Gasteiger charge is -2.24. The fraction of sp³-hybridized carbons (Fsp3) is 0.750. The molecule has 2 heterocycles. The van der Waals surface area contributed by atoms with Crippen molar-refractivity contribution in [3.8, 4) is 0 Å². The molecule has 0 bridgehead atoms. The molecule has 0 radical (unpaired) electrons. The third-order valence-corrected chi connectivity index (χ3v) is 4.41. The van der Waals surface area contributed by atoms with Crippen LogP contribution in [0.3, 0.4) is 0 Å². The highest BCUT2D eigenvalue weighted by Gasteiger charge is 2.16. The van der Waals surface area contributed by atoms with Crippen molar-refractivity contribution >= 4 is 23.6 Å². The van der Waals surface area contributed by atoms with Gasteiger partial charge in [-0.25, -0.2) is 0 Å². The molecule has 6 nitrogen and oxygen atoms in total. The highest BCUT2D eigenvalue weighted by Crippen LogP contribution is 2.18. The van der Waals surface area contributed by atoms with Gasteiger partial charge in [-0.1, -0.05) is 31.0 Å². The van der Waals surface area contributed by atoms with Crippen LogP contribution in [-0.2, 0) is 11.8 Å². The number of hydrogen-bond donors (Lipinski definition) is 1. The molecule has 106 valence electrons. The Bertz CT molecular complexity index is 426. The minimum atomic E-state index is 0.188. The average molecular weight is 283 g/mol. The fourth-order valence-corrected chi connectivity index (χ4v) is 2.99. The van der Waals surface area contributed by atoms with Gasteiger partial charge in [-0.05, 0) is 12.8 Å². The zero-order chi connectivity index (χ0) is 13.7. The Kier molecular flexibility index (Phi) is 5.07. The van der Waals surface area contributed by atoms with Crippen molar-refractivity contribution in [2.24, 2.45) is 7.05 Å². The maximum absolute atomic E-state index is 12.2. The second-order valence-corrected chi connectivity index (χ2v) is 5.78. The number of carbonyl (C=O) groups excluding carboxylic acids is 1. The molecule has 1 fully saturated rings. The van der Waals surface area contributed by atoms with E-state index in [0.717, 1.165) is 25.9 Å². The molecule has 0 unspecified atom stereocenters. The number of hydrogen-bond acceptors (Lipinski definition) is 5. The van der Waals surface area contributed by atoms with Crippen LogP contribution >= 0.6 is 11.8 Å². The number of carbonyl (C=O) groups is 1. The Balaban J connectivity index is 1.84. The Labute approximate surface area is 117 Å². The normalized spacial score (nSPS) is 17.0. The summed E-state index contributed by atoms with van der Waals surface area (Å²) in [4.78, 5) is 14.1. The molecule has 1 amide bonds. The van der Waals surface area contributed by atoms with E-state index in [9.17, 15) is 4.79 Å². The number of nitrogens with two attached hydrogens (primary N) is 1. The number of anilines is 1. The van der Waals surface area contributed by atoms with E-state index in [1.54, 1.807) is 11.6 Å². The summed E-state index contributed by atoms with van der Waals surface area (Å²) in [6.45, 7) is 1.78. The van der Waals surface area contributed by atoms with Crippen LogP contribution in [0.1, 0.15) is 32.1 Å². The molecule has 7 heteroatoms. The average Bonchev–Trinajstić information content (AvgIpc) is 2.67. The van der Waals surface area contributed by atoms with Gasteiger partial charge in [0.05, 0.1) is 5.75 Å². The zero-order valence-electron chi connectivity index (χ0n) is 11.3. The number of nitrogen functional groups attached to an aromatic ring is 1. The first-order valence-electron chi connectivity index (χ1n) is 6.74. The fourth-order valence-electron chi connectivity index (χ4n) is 2.17. The zero-order valence-corrected chi connectivity index (χ0v) is 12.2. The number of likely N-dealkylation sites (tertiary alicyclic amines) is 1. The predicted molar refractivity (Wildman–Crippen MR) is 75.8 cm³/mol. The number of thioether (sulfide) groups is 1. The number of aromatic nitrogens is 3. The van der Waals surface area contributed by atoms with Crippen LogP contribution in [-0.4, -0.2) is 44.4 Å². The predicted octanol–water partition coefficient (Wildman–Crippen LogP) is 1.28. The maximum atomic E-state index is 12.2. The molecule has 0 atom stereocenters. The first-order chi connectivity index (χ1) is 9.18. The van der Waals surface area contributed by atoms with Gasteiger partial charge in [0, 0.05) is 20.1 Å². The van der Waals surface area contributed by atoms with Gasteiger partial charge in [0.1, 0.15) is 0 Å². The standard InChI is InChI=1S/C12H21N5OS/c1-16-11(13)14-15-12(16)19-9-10(18)17-7-5-3-2-4-6-8-17/h2-9H2,1H3,(H2,13,14). The molecule has 1 aromatic heterocycles. The van der Waals surface area contributed by atoms with Crippen molar-refractivity contribution < 1.29 is 4.79 Å².